The number of hydrogen-bond donors (Lipinski definition) is 1. The maximum atomic E-state index is 12.0. The lowest BCUT2D eigenvalue weighted by Crippen LogP contribution is -2.68. The molecule has 0 aliphatic carbocycles. The molecule has 116 valence electrons. The molecule has 1 fully saturated rings. The first kappa shape index (κ1) is 14.9. The highest BCUT2D eigenvalue weighted by molar-refractivity contribution is 6.06. The van der Waals surface area contributed by atoms with E-state index in [1.807, 2.05) is 42.5 Å². The van der Waals surface area contributed by atoms with E-state index in [4.69, 9.17) is 5.73 Å². The number of nitro groups is 1. The number of non-ortho nitro benzene ring substituents is 1. The Bertz CT molecular complexity index is 756. The quantitative estimate of drug-likeness (QED) is 0.533. The molecular formula is C17H15N3O3. The lowest BCUT2D eigenvalue weighted by molar-refractivity contribution is -0.384. The summed E-state index contributed by atoms with van der Waals surface area (Å²) in [7, 11) is 0. The normalized spacial score (nSPS) is 20.6. The minimum Gasteiger partial charge on any atom is -0.318 e. The highest BCUT2D eigenvalue weighted by Crippen LogP contribution is 2.29. The number of amides is 1. The number of hydrogen-bond acceptors (Lipinski definition) is 4. The number of nitrogens with two attached hydrogens (primary N) is 1. The van der Waals surface area contributed by atoms with E-state index in [2.05, 4.69) is 0 Å². The van der Waals surface area contributed by atoms with Gasteiger partial charge in [-0.1, -0.05) is 42.5 Å². The SMILES string of the molecule is NC1C(=O)N(c2ccc([N+](=O)[O-])cc2)C1/C=C/c1ccccc1. The van der Waals surface area contributed by atoms with Crippen molar-refractivity contribution in [1.29, 1.82) is 0 Å². The van der Waals surface area contributed by atoms with Gasteiger partial charge in [0, 0.05) is 17.8 Å². The molecule has 2 aromatic carbocycles. The van der Waals surface area contributed by atoms with E-state index in [0.29, 0.717) is 5.69 Å². The summed E-state index contributed by atoms with van der Waals surface area (Å²) in [6.07, 6.45) is 3.79. The van der Waals surface area contributed by atoms with Crippen LogP contribution in [0.2, 0.25) is 0 Å². The Kier molecular flexibility index (Phi) is 3.91. The molecule has 0 bridgehead atoms. The number of nitro benzene ring substituents is 1. The van der Waals surface area contributed by atoms with Gasteiger partial charge in [0.2, 0.25) is 5.91 Å². The third-order valence-corrected chi connectivity index (χ3v) is 3.81. The third-order valence-electron chi connectivity index (χ3n) is 3.81. The van der Waals surface area contributed by atoms with Gasteiger partial charge in [0.1, 0.15) is 6.04 Å². The zero-order valence-electron chi connectivity index (χ0n) is 12.2. The first-order valence-electron chi connectivity index (χ1n) is 7.14. The Balaban J connectivity index is 1.81. The molecule has 2 aromatic rings. The van der Waals surface area contributed by atoms with Crippen molar-refractivity contribution in [2.45, 2.75) is 12.1 Å². The van der Waals surface area contributed by atoms with E-state index in [0.717, 1.165) is 5.56 Å². The summed E-state index contributed by atoms with van der Waals surface area (Å²) in [6.45, 7) is 0. The molecule has 1 aliphatic heterocycles. The van der Waals surface area contributed by atoms with Crippen molar-refractivity contribution in [2.75, 3.05) is 4.90 Å². The van der Waals surface area contributed by atoms with Gasteiger partial charge in [-0.15, -0.1) is 0 Å². The van der Waals surface area contributed by atoms with Gasteiger partial charge < -0.3 is 10.6 Å². The monoisotopic (exact) mass is 309 g/mol. The minimum atomic E-state index is -0.592. The van der Waals surface area contributed by atoms with Crippen molar-refractivity contribution in [3.63, 3.8) is 0 Å². The van der Waals surface area contributed by atoms with Gasteiger partial charge in [0.25, 0.3) is 5.69 Å². The average Bonchev–Trinajstić information content (AvgIpc) is 2.58. The summed E-state index contributed by atoms with van der Waals surface area (Å²) in [5.74, 6) is -0.193. The van der Waals surface area contributed by atoms with Crippen LogP contribution >= 0.6 is 0 Å². The van der Waals surface area contributed by atoms with Gasteiger partial charge in [0.15, 0.2) is 0 Å². The molecule has 2 atom stereocenters. The van der Waals surface area contributed by atoms with E-state index >= 15 is 0 Å². The van der Waals surface area contributed by atoms with Crippen LogP contribution in [0.1, 0.15) is 5.56 Å². The second-order valence-electron chi connectivity index (χ2n) is 5.27. The van der Waals surface area contributed by atoms with Crippen LogP contribution in [0.3, 0.4) is 0 Å². The zero-order valence-corrected chi connectivity index (χ0v) is 12.2. The highest BCUT2D eigenvalue weighted by atomic mass is 16.6. The molecule has 1 heterocycles. The fraction of sp³-hybridized carbons (Fsp3) is 0.118. The summed E-state index contributed by atoms with van der Waals surface area (Å²) in [5, 5.41) is 10.7. The largest absolute Gasteiger partial charge is 0.318 e. The molecule has 0 radical (unpaired) electrons. The molecule has 1 saturated heterocycles. The number of benzene rings is 2. The number of rotatable bonds is 4. The molecular weight excluding hydrogens is 294 g/mol. The Labute approximate surface area is 133 Å². The van der Waals surface area contributed by atoms with Crippen molar-refractivity contribution in [3.8, 4) is 0 Å². The summed E-state index contributed by atoms with van der Waals surface area (Å²) in [4.78, 5) is 23.8. The Morgan fingerprint density at radius 3 is 2.35 bits per heavy atom. The van der Waals surface area contributed by atoms with E-state index in [-0.39, 0.29) is 17.6 Å². The second-order valence-corrected chi connectivity index (χ2v) is 5.27. The van der Waals surface area contributed by atoms with Crippen LogP contribution in [-0.2, 0) is 4.79 Å². The third kappa shape index (κ3) is 2.84. The van der Waals surface area contributed by atoms with Gasteiger partial charge in [0.05, 0.1) is 11.0 Å². The Hall–Kier alpha value is -2.99. The zero-order chi connectivity index (χ0) is 16.4. The summed E-state index contributed by atoms with van der Waals surface area (Å²) >= 11 is 0. The van der Waals surface area contributed by atoms with E-state index in [1.165, 1.54) is 12.1 Å². The molecule has 6 nitrogen and oxygen atoms in total. The molecule has 1 aliphatic rings. The number of nitrogens with zero attached hydrogens (tertiary/aromatic N) is 2. The molecule has 2 unspecified atom stereocenters. The molecule has 1 amide bonds. The fourth-order valence-electron chi connectivity index (χ4n) is 2.55. The maximum absolute atomic E-state index is 12.0. The van der Waals surface area contributed by atoms with Gasteiger partial charge >= 0.3 is 0 Å². The van der Waals surface area contributed by atoms with Gasteiger partial charge in [-0.25, -0.2) is 0 Å². The molecule has 2 N–H and O–H groups in total. The molecule has 0 spiro atoms. The molecule has 0 aromatic heterocycles. The standard InChI is InChI=1S/C17H15N3O3/c18-16-15(11-6-12-4-2-1-3-5-12)19(17(16)21)13-7-9-14(10-8-13)20(22)23/h1-11,15-16H,18H2/b11-6+. The highest BCUT2D eigenvalue weighted by Gasteiger charge is 2.44. The second kappa shape index (κ2) is 6.02. The number of β-lactam (4-membered cyclic amide) rings is 1. The van der Waals surface area contributed by atoms with E-state index in [9.17, 15) is 14.9 Å². The van der Waals surface area contributed by atoms with Crippen LogP contribution in [0.4, 0.5) is 11.4 Å². The van der Waals surface area contributed by atoms with E-state index in [1.54, 1.807) is 17.0 Å². The Morgan fingerprint density at radius 2 is 1.74 bits per heavy atom. The Morgan fingerprint density at radius 1 is 1.09 bits per heavy atom. The lowest BCUT2D eigenvalue weighted by Gasteiger charge is -2.43. The number of carbonyl (C=O) groups is 1. The number of carbonyl (C=O) groups excluding carboxylic acids is 1. The van der Waals surface area contributed by atoms with Crippen LogP contribution in [0.25, 0.3) is 6.08 Å². The van der Waals surface area contributed by atoms with Crippen LogP contribution in [-0.4, -0.2) is 22.9 Å². The van der Waals surface area contributed by atoms with Crippen molar-refractivity contribution in [2.24, 2.45) is 5.73 Å². The maximum Gasteiger partial charge on any atom is 0.269 e. The first-order chi connectivity index (χ1) is 11.1. The molecule has 0 saturated carbocycles. The van der Waals surface area contributed by atoms with Gasteiger partial charge in [-0.2, -0.15) is 0 Å². The molecule has 3 rings (SSSR count). The molecule has 23 heavy (non-hydrogen) atoms. The van der Waals surface area contributed by atoms with Crippen molar-refractivity contribution in [1.82, 2.24) is 0 Å². The molecule has 6 heteroatoms. The lowest BCUT2D eigenvalue weighted by atomic mass is 9.93. The predicted molar refractivity (Wildman–Crippen MR) is 87.8 cm³/mol. The summed E-state index contributed by atoms with van der Waals surface area (Å²) < 4.78 is 0. The predicted octanol–water partition coefficient (Wildman–Crippen LogP) is 2.35. The van der Waals surface area contributed by atoms with Crippen LogP contribution in [0.15, 0.2) is 60.7 Å². The van der Waals surface area contributed by atoms with Crippen LogP contribution in [0.5, 0.6) is 0 Å². The topological polar surface area (TPSA) is 89.5 Å². The number of anilines is 1. The van der Waals surface area contributed by atoms with E-state index < -0.39 is 11.0 Å². The minimum absolute atomic E-state index is 0.0117. The smallest absolute Gasteiger partial charge is 0.269 e. The van der Waals surface area contributed by atoms with Crippen LogP contribution in [0, 0.1) is 10.1 Å². The van der Waals surface area contributed by atoms with Gasteiger partial charge in [-0.3, -0.25) is 14.9 Å². The van der Waals surface area contributed by atoms with Crippen LogP contribution < -0.4 is 10.6 Å². The van der Waals surface area contributed by atoms with Crippen molar-refractivity contribution in [3.05, 3.63) is 76.4 Å². The first-order valence-corrected chi connectivity index (χ1v) is 7.14. The van der Waals surface area contributed by atoms with Crippen molar-refractivity contribution >= 4 is 23.4 Å². The average molecular weight is 309 g/mol. The van der Waals surface area contributed by atoms with Gasteiger partial charge in [-0.05, 0) is 17.7 Å². The summed E-state index contributed by atoms with van der Waals surface area (Å²) in [5.41, 5.74) is 7.49. The fourth-order valence-corrected chi connectivity index (χ4v) is 2.55. The summed E-state index contributed by atoms with van der Waals surface area (Å²) in [6, 6.07) is 14.7. The van der Waals surface area contributed by atoms with Crippen molar-refractivity contribution < 1.29 is 9.72 Å².